The van der Waals surface area contributed by atoms with Crippen molar-refractivity contribution in [3.05, 3.63) is 23.5 Å². The fraction of sp³-hybridized carbons (Fsp3) is 0.615. The normalized spacial score (nSPS) is 23.2. The molecule has 0 amide bonds. The van der Waals surface area contributed by atoms with Crippen LogP contribution in [0.4, 0.5) is 0 Å². The number of halogens is 1. The van der Waals surface area contributed by atoms with Gasteiger partial charge in [-0.05, 0) is 30.7 Å². The zero-order chi connectivity index (χ0) is 14.1. The highest BCUT2D eigenvalue weighted by atomic mass is 35.5. The van der Waals surface area contributed by atoms with Crippen LogP contribution in [0.1, 0.15) is 39.5 Å². The predicted octanol–water partition coefficient (Wildman–Crippen LogP) is 2.98. The maximum Gasteiger partial charge on any atom is 0.243 e. The van der Waals surface area contributed by atoms with Crippen molar-refractivity contribution in [2.45, 2.75) is 50.5 Å². The van der Waals surface area contributed by atoms with Crippen molar-refractivity contribution in [1.82, 2.24) is 9.71 Å². The van der Waals surface area contributed by atoms with E-state index in [1.165, 1.54) is 18.5 Å². The second-order valence-electron chi connectivity index (χ2n) is 5.88. The van der Waals surface area contributed by atoms with Gasteiger partial charge < -0.3 is 0 Å². The van der Waals surface area contributed by atoms with Gasteiger partial charge in [-0.3, -0.25) is 4.98 Å². The first kappa shape index (κ1) is 14.8. The molecule has 0 spiro atoms. The lowest BCUT2D eigenvalue weighted by molar-refractivity contribution is 0.212. The minimum Gasteiger partial charge on any atom is -0.263 e. The first-order valence-corrected chi connectivity index (χ1v) is 8.28. The highest BCUT2D eigenvalue weighted by molar-refractivity contribution is 7.89. The van der Waals surface area contributed by atoms with Gasteiger partial charge in [0.25, 0.3) is 0 Å². The van der Waals surface area contributed by atoms with Crippen molar-refractivity contribution in [3.63, 3.8) is 0 Å². The molecule has 1 fully saturated rings. The van der Waals surface area contributed by atoms with E-state index >= 15 is 0 Å². The molecule has 6 heteroatoms. The number of sulfonamides is 1. The summed E-state index contributed by atoms with van der Waals surface area (Å²) >= 11 is 5.92. The fourth-order valence-corrected chi connectivity index (χ4v) is 4.34. The molecular weight excluding hydrogens is 284 g/mol. The monoisotopic (exact) mass is 302 g/mol. The third kappa shape index (κ3) is 3.68. The molecule has 1 atom stereocenters. The predicted molar refractivity (Wildman–Crippen MR) is 75.6 cm³/mol. The number of aromatic nitrogens is 1. The molecule has 0 radical (unpaired) electrons. The Morgan fingerprint density at radius 1 is 1.47 bits per heavy atom. The van der Waals surface area contributed by atoms with Gasteiger partial charge in [-0.2, -0.15) is 0 Å². The summed E-state index contributed by atoms with van der Waals surface area (Å²) in [6.07, 6.45) is 6.67. The molecule has 1 heterocycles. The number of rotatable bonds is 3. The Kier molecular flexibility index (Phi) is 4.18. The van der Waals surface area contributed by atoms with Crippen molar-refractivity contribution >= 4 is 21.6 Å². The number of nitrogens with one attached hydrogen (secondary N) is 1. The average molecular weight is 303 g/mol. The molecule has 1 aromatic rings. The van der Waals surface area contributed by atoms with Gasteiger partial charge in [0.1, 0.15) is 4.90 Å². The smallest absolute Gasteiger partial charge is 0.243 e. The van der Waals surface area contributed by atoms with E-state index in [9.17, 15) is 8.42 Å². The van der Waals surface area contributed by atoms with Gasteiger partial charge in [0.05, 0.1) is 5.02 Å². The second-order valence-corrected chi connectivity index (χ2v) is 7.97. The molecule has 1 aromatic heterocycles. The molecule has 19 heavy (non-hydrogen) atoms. The molecule has 1 aliphatic rings. The summed E-state index contributed by atoms with van der Waals surface area (Å²) in [5, 5.41) is 0.206. The summed E-state index contributed by atoms with van der Waals surface area (Å²) < 4.78 is 27.3. The Hall–Kier alpha value is -0.650. The van der Waals surface area contributed by atoms with Crippen LogP contribution in [-0.4, -0.2) is 19.4 Å². The van der Waals surface area contributed by atoms with Crippen LogP contribution in [0.15, 0.2) is 23.4 Å². The van der Waals surface area contributed by atoms with Gasteiger partial charge in [0.2, 0.25) is 10.0 Å². The topological polar surface area (TPSA) is 59.1 Å². The van der Waals surface area contributed by atoms with E-state index in [4.69, 9.17) is 11.6 Å². The van der Waals surface area contributed by atoms with Gasteiger partial charge in [-0.15, -0.1) is 0 Å². The summed E-state index contributed by atoms with van der Waals surface area (Å²) in [5.41, 5.74) is 0.185. The zero-order valence-corrected chi connectivity index (χ0v) is 12.8. The van der Waals surface area contributed by atoms with Crippen LogP contribution in [0.3, 0.4) is 0 Å². The van der Waals surface area contributed by atoms with Gasteiger partial charge >= 0.3 is 0 Å². The van der Waals surface area contributed by atoms with Gasteiger partial charge in [0.15, 0.2) is 0 Å². The molecule has 2 rings (SSSR count). The summed E-state index contributed by atoms with van der Waals surface area (Å²) in [6.45, 7) is 4.34. The van der Waals surface area contributed by atoms with E-state index in [1.807, 2.05) is 0 Å². The van der Waals surface area contributed by atoms with Crippen molar-refractivity contribution in [2.75, 3.05) is 0 Å². The van der Waals surface area contributed by atoms with E-state index in [2.05, 4.69) is 23.6 Å². The summed E-state index contributed by atoms with van der Waals surface area (Å²) in [7, 11) is -3.59. The lowest BCUT2D eigenvalue weighted by atomic mass is 9.75. The quantitative estimate of drug-likeness (QED) is 0.934. The SMILES string of the molecule is CC1(C)CCCC(NS(=O)(=O)c2cnccc2Cl)C1. The van der Waals surface area contributed by atoms with E-state index in [1.54, 1.807) is 0 Å². The molecule has 0 aromatic carbocycles. The van der Waals surface area contributed by atoms with Crippen molar-refractivity contribution in [2.24, 2.45) is 5.41 Å². The molecule has 106 valence electrons. The maximum atomic E-state index is 12.3. The molecule has 1 N–H and O–H groups in total. The Labute approximate surface area is 119 Å². The third-order valence-electron chi connectivity index (χ3n) is 3.55. The third-order valence-corrected chi connectivity index (χ3v) is 5.54. The van der Waals surface area contributed by atoms with E-state index in [0.717, 1.165) is 25.7 Å². The van der Waals surface area contributed by atoms with Crippen LogP contribution in [0.25, 0.3) is 0 Å². The second kappa shape index (κ2) is 5.38. The minimum atomic E-state index is -3.59. The van der Waals surface area contributed by atoms with E-state index in [0.29, 0.717) is 0 Å². The first-order chi connectivity index (χ1) is 8.80. The van der Waals surface area contributed by atoms with Crippen LogP contribution >= 0.6 is 11.6 Å². The lowest BCUT2D eigenvalue weighted by Crippen LogP contribution is -2.40. The first-order valence-electron chi connectivity index (χ1n) is 6.42. The Bertz CT molecular complexity index is 558. The number of hydrogen-bond donors (Lipinski definition) is 1. The molecule has 1 unspecified atom stereocenters. The molecule has 0 bridgehead atoms. The van der Waals surface area contributed by atoms with Crippen LogP contribution in [-0.2, 0) is 10.0 Å². The number of hydrogen-bond acceptors (Lipinski definition) is 3. The van der Waals surface area contributed by atoms with Crippen molar-refractivity contribution in [3.8, 4) is 0 Å². The zero-order valence-electron chi connectivity index (χ0n) is 11.2. The Morgan fingerprint density at radius 2 is 2.21 bits per heavy atom. The fourth-order valence-electron chi connectivity index (χ4n) is 2.64. The van der Waals surface area contributed by atoms with Crippen LogP contribution in [0.5, 0.6) is 0 Å². The van der Waals surface area contributed by atoms with Crippen LogP contribution in [0.2, 0.25) is 5.02 Å². The Morgan fingerprint density at radius 3 is 2.84 bits per heavy atom. The van der Waals surface area contributed by atoms with Crippen LogP contribution < -0.4 is 4.72 Å². The minimum absolute atomic E-state index is 0.0231. The lowest BCUT2D eigenvalue weighted by Gasteiger charge is -2.35. The Balaban J connectivity index is 2.16. The molecule has 0 saturated heterocycles. The average Bonchev–Trinajstić information content (AvgIpc) is 2.27. The standard InChI is InChI=1S/C13H19ClN2O2S/c1-13(2)6-3-4-10(8-13)16-19(17,18)12-9-15-7-5-11(12)14/h5,7,9-10,16H,3-4,6,8H2,1-2H3. The van der Waals surface area contributed by atoms with E-state index < -0.39 is 10.0 Å². The van der Waals surface area contributed by atoms with Gasteiger partial charge in [-0.25, -0.2) is 13.1 Å². The summed E-state index contributed by atoms with van der Waals surface area (Å²) in [5.74, 6) is 0. The van der Waals surface area contributed by atoms with Gasteiger partial charge in [0, 0.05) is 18.4 Å². The number of pyridine rings is 1. The molecule has 0 aliphatic heterocycles. The molecule has 4 nitrogen and oxygen atoms in total. The highest BCUT2D eigenvalue weighted by Crippen LogP contribution is 2.35. The summed E-state index contributed by atoms with van der Waals surface area (Å²) in [4.78, 5) is 3.89. The maximum absolute atomic E-state index is 12.3. The largest absolute Gasteiger partial charge is 0.263 e. The summed E-state index contributed by atoms with van der Waals surface area (Å²) in [6, 6.07) is 1.46. The molecular formula is C13H19ClN2O2S. The molecule has 1 saturated carbocycles. The van der Waals surface area contributed by atoms with Gasteiger partial charge in [-0.1, -0.05) is 31.9 Å². The highest BCUT2D eigenvalue weighted by Gasteiger charge is 2.31. The van der Waals surface area contributed by atoms with E-state index in [-0.39, 0.29) is 21.4 Å². The molecule has 1 aliphatic carbocycles. The van der Waals surface area contributed by atoms with Crippen molar-refractivity contribution < 1.29 is 8.42 Å². The number of nitrogens with zero attached hydrogens (tertiary/aromatic N) is 1. The van der Waals surface area contributed by atoms with Crippen molar-refractivity contribution in [1.29, 1.82) is 0 Å². The van der Waals surface area contributed by atoms with Crippen LogP contribution in [0, 0.1) is 5.41 Å².